The molecule has 1 heterocycles. The molecule has 2 aromatic rings. The van der Waals surface area contributed by atoms with Crippen LogP contribution >= 0.6 is 22.9 Å². The Kier molecular flexibility index (Phi) is 3.82. The highest BCUT2D eigenvalue weighted by molar-refractivity contribution is 7.20. The summed E-state index contributed by atoms with van der Waals surface area (Å²) in [4.78, 5) is 1.30. The highest BCUT2D eigenvalue weighted by Gasteiger charge is 2.12. The number of hydrogen-bond acceptors (Lipinski definition) is 3. The first-order valence-electron chi connectivity index (χ1n) is 5.10. The largest absolute Gasteiger partial charge is 0.380 e. The minimum Gasteiger partial charge on any atom is -0.380 e. The van der Waals surface area contributed by atoms with Gasteiger partial charge in [-0.3, -0.25) is 0 Å². The molecule has 2 rings (SSSR count). The Balaban J connectivity index is 2.60. The molecule has 0 fully saturated rings. The predicted octanol–water partition coefficient (Wildman–Crippen LogP) is 3.42. The summed E-state index contributed by atoms with van der Waals surface area (Å²) in [5.74, 6) is 0. The summed E-state index contributed by atoms with van der Waals surface area (Å²) in [6.07, 6.45) is 0. The van der Waals surface area contributed by atoms with Crippen LogP contribution in [0.5, 0.6) is 0 Å². The number of nitrogens with one attached hydrogen (secondary N) is 1. The van der Waals surface area contributed by atoms with Crippen LogP contribution in [0.3, 0.4) is 0 Å². The molecule has 0 saturated heterocycles. The third kappa shape index (κ3) is 2.09. The minimum atomic E-state index is 0.636. The van der Waals surface area contributed by atoms with Gasteiger partial charge in [-0.2, -0.15) is 0 Å². The number of halogens is 1. The summed E-state index contributed by atoms with van der Waals surface area (Å²) < 4.78 is 6.41. The molecule has 0 radical (unpaired) electrons. The Morgan fingerprint density at radius 3 is 2.94 bits per heavy atom. The van der Waals surface area contributed by atoms with E-state index in [4.69, 9.17) is 16.3 Å². The second-order valence-corrected chi connectivity index (χ2v) is 5.10. The van der Waals surface area contributed by atoms with Gasteiger partial charge in [0.1, 0.15) is 0 Å². The molecule has 1 aromatic heterocycles. The Morgan fingerprint density at radius 2 is 2.25 bits per heavy atom. The molecule has 1 aromatic carbocycles. The number of ether oxygens (including phenoxy) is 1. The number of hydrogen-bond donors (Lipinski definition) is 1. The lowest BCUT2D eigenvalue weighted by Gasteiger charge is -2.02. The van der Waals surface area contributed by atoms with Gasteiger partial charge in [-0.15, -0.1) is 11.3 Å². The normalized spacial score (nSPS) is 11.2. The monoisotopic (exact) mass is 255 g/mol. The summed E-state index contributed by atoms with van der Waals surface area (Å²) in [5.41, 5.74) is 1.25. The van der Waals surface area contributed by atoms with Crippen LogP contribution in [-0.4, -0.2) is 14.2 Å². The van der Waals surface area contributed by atoms with Crippen molar-refractivity contribution >= 4 is 33.0 Å². The van der Waals surface area contributed by atoms with Gasteiger partial charge in [0.25, 0.3) is 0 Å². The fourth-order valence-electron chi connectivity index (χ4n) is 1.79. The van der Waals surface area contributed by atoms with Gasteiger partial charge >= 0.3 is 0 Å². The highest BCUT2D eigenvalue weighted by atomic mass is 35.5. The zero-order valence-electron chi connectivity index (χ0n) is 9.34. The average Bonchev–Trinajstić information content (AvgIpc) is 2.61. The molecule has 1 N–H and O–H groups in total. The molecule has 0 spiro atoms. The SMILES string of the molecule is CNCc1sc2c(Cl)cccc2c1COC. The topological polar surface area (TPSA) is 21.3 Å². The van der Waals surface area contributed by atoms with Crippen LogP contribution in [0.1, 0.15) is 10.4 Å². The van der Waals surface area contributed by atoms with E-state index in [2.05, 4.69) is 11.4 Å². The molecule has 86 valence electrons. The molecule has 0 amide bonds. The summed E-state index contributed by atoms with van der Waals surface area (Å²) >= 11 is 7.93. The minimum absolute atomic E-state index is 0.636. The van der Waals surface area contributed by atoms with Crippen molar-refractivity contribution in [2.24, 2.45) is 0 Å². The first-order chi connectivity index (χ1) is 7.77. The van der Waals surface area contributed by atoms with Gasteiger partial charge in [0, 0.05) is 24.1 Å². The van der Waals surface area contributed by atoms with Gasteiger partial charge in [0.05, 0.1) is 16.3 Å². The fraction of sp³-hybridized carbons (Fsp3) is 0.333. The predicted molar refractivity (Wildman–Crippen MR) is 70.3 cm³/mol. The molecular formula is C12H14ClNOS. The molecule has 2 nitrogen and oxygen atoms in total. The molecule has 0 bridgehead atoms. The Labute approximate surface area is 104 Å². The lowest BCUT2D eigenvalue weighted by molar-refractivity contribution is 0.185. The van der Waals surface area contributed by atoms with E-state index in [0.29, 0.717) is 6.61 Å². The molecule has 0 aliphatic carbocycles. The zero-order chi connectivity index (χ0) is 11.5. The van der Waals surface area contributed by atoms with E-state index in [1.165, 1.54) is 15.8 Å². The molecule has 0 saturated carbocycles. The standard InChI is InChI=1S/C12H14ClNOS/c1-14-6-11-9(7-15-2)8-4-3-5-10(13)12(8)16-11/h3-5,14H,6-7H2,1-2H3. The van der Waals surface area contributed by atoms with Crippen molar-refractivity contribution in [1.82, 2.24) is 5.32 Å². The number of thiophene rings is 1. The maximum Gasteiger partial charge on any atom is 0.0730 e. The van der Waals surface area contributed by atoms with Crippen molar-refractivity contribution in [3.05, 3.63) is 33.7 Å². The summed E-state index contributed by atoms with van der Waals surface area (Å²) in [6.45, 7) is 1.49. The van der Waals surface area contributed by atoms with E-state index >= 15 is 0 Å². The third-order valence-electron chi connectivity index (χ3n) is 2.48. The van der Waals surface area contributed by atoms with Crippen LogP contribution in [-0.2, 0) is 17.9 Å². The van der Waals surface area contributed by atoms with Crippen molar-refractivity contribution in [2.75, 3.05) is 14.2 Å². The second-order valence-electron chi connectivity index (χ2n) is 3.58. The van der Waals surface area contributed by atoms with E-state index in [1.54, 1.807) is 18.4 Å². The van der Waals surface area contributed by atoms with Crippen molar-refractivity contribution < 1.29 is 4.74 Å². The lowest BCUT2D eigenvalue weighted by atomic mass is 10.1. The summed E-state index contributed by atoms with van der Waals surface area (Å²) in [7, 11) is 3.67. The molecule has 16 heavy (non-hydrogen) atoms. The number of rotatable bonds is 4. The Morgan fingerprint density at radius 1 is 1.44 bits per heavy atom. The first-order valence-corrected chi connectivity index (χ1v) is 6.29. The number of benzene rings is 1. The van der Waals surface area contributed by atoms with Crippen molar-refractivity contribution in [2.45, 2.75) is 13.2 Å². The van der Waals surface area contributed by atoms with Crippen LogP contribution in [0.25, 0.3) is 10.1 Å². The fourth-order valence-corrected chi connectivity index (χ4v) is 3.30. The second kappa shape index (κ2) is 5.15. The molecule has 4 heteroatoms. The van der Waals surface area contributed by atoms with Crippen LogP contribution < -0.4 is 5.32 Å². The molecular weight excluding hydrogens is 242 g/mol. The van der Waals surface area contributed by atoms with Gasteiger partial charge in [-0.25, -0.2) is 0 Å². The first kappa shape index (κ1) is 11.9. The number of methoxy groups -OCH3 is 1. The van der Waals surface area contributed by atoms with Gasteiger partial charge in [-0.05, 0) is 18.5 Å². The third-order valence-corrected chi connectivity index (χ3v) is 4.19. The van der Waals surface area contributed by atoms with Crippen LogP contribution in [0.2, 0.25) is 5.02 Å². The highest BCUT2D eigenvalue weighted by Crippen LogP contribution is 2.36. The van der Waals surface area contributed by atoms with E-state index in [9.17, 15) is 0 Å². The molecule has 0 aliphatic heterocycles. The van der Waals surface area contributed by atoms with Crippen molar-refractivity contribution in [1.29, 1.82) is 0 Å². The van der Waals surface area contributed by atoms with Gasteiger partial charge in [0.15, 0.2) is 0 Å². The van der Waals surface area contributed by atoms with E-state index < -0.39 is 0 Å². The quantitative estimate of drug-likeness (QED) is 0.904. The molecule has 0 atom stereocenters. The maximum absolute atomic E-state index is 6.19. The lowest BCUT2D eigenvalue weighted by Crippen LogP contribution is -2.05. The van der Waals surface area contributed by atoms with Gasteiger partial charge in [-0.1, -0.05) is 23.7 Å². The van der Waals surface area contributed by atoms with Gasteiger partial charge < -0.3 is 10.1 Å². The van der Waals surface area contributed by atoms with E-state index in [0.717, 1.165) is 16.3 Å². The van der Waals surface area contributed by atoms with Gasteiger partial charge in [0.2, 0.25) is 0 Å². The number of fused-ring (bicyclic) bond motifs is 1. The molecule has 0 aliphatic rings. The zero-order valence-corrected chi connectivity index (χ0v) is 10.9. The Bertz CT molecular complexity index is 495. The van der Waals surface area contributed by atoms with Crippen molar-refractivity contribution in [3.63, 3.8) is 0 Å². The summed E-state index contributed by atoms with van der Waals surface area (Å²) in [5, 5.41) is 5.21. The Hall–Kier alpha value is -0.610. The van der Waals surface area contributed by atoms with Crippen molar-refractivity contribution in [3.8, 4) is 0 Å². The summed E-state index contributed by atoms with van der Waals surface area (Å²) in [6, 6.07) is 6.02. The maximum atomic E-state index is 6.19. The molecule has 0 unspecified atom stereocenters. The van der Waals surface area contributed by atoms with Crippen LogP contribution in [0.4, 0.5) is 0 Å². The van der Waals surface area contributed by atoms with Crippen LogP contribution in [0, 0.1) is 0 Å². The van der Waals surface area contributed by atoms with Crippen LogP contribution in [0.15, 0.2) is 18.2 Å². The van der Waals surface area contributed by atoms with E-state index in [1.807, 2.05) is 19.2 Å². The average molecular weight is 256 g/mol. The van der Waals surface area contributed by atoms with E-state index in [-0.39, 0.29) is 0 Å². The smallest absolute Gasteiger partial charge is 0.0730 e.